The topological polar surface area (TPSA) is 115 Å². The number of hydrogen-bond donors (Lipinski definition) is 4. The zero-order valence-corrected chi connectivity index (χ0v) is 8.96. The Morgan fingerprint density at radius 2 is 1.75 bits per heavy atom. The standard InChI is InChI=1S/C6H10O4.C4H6O2/c1-2-4(8)6(10)5(9)3-7;1-3(2)4(5)6/h2,5-7,9-10H,1,3H2;1H2,2H3,(H,5,6). The molecule has 0 aliphatic heterocycles. The summed E-state index contributed by atoms with van der Waals surface area (Å²) in [5.41, 5.74) is 0.176. The highest BCUT2D eigenvalue weighted by Crippen LogP contribution is 1.94. The molecule has 0 amide bonds. The van der Waals surface area contributed by atoms with Crippen molar-refractivity contribution in [3.63, 3.8) is 0 Å². The van der Waals surface area contributed by atoms with Crippen LogP contribution in [0.4, 0.5) is 0 Å². The fourth-order valence-corrected chi connectivity index (χ4v) is 0.410. The van der Waals surface area contributed by atoms with Crippen LogP contribution in [0.15, 0.2) is 24.8 Å². The van der Waals surface area contributed by atoms with Gasteiger partial charge in [-0.1, -0.05) is 13.2 Å². The molecule has 0 spiro atoms. The third-order valence-corrected chi connectivity index (χ3v) is 1.41. The highest BCUT2D eigenvalue weighted by molar-refractivity contribution is 5.93. The molecule has 4 N–H and O–H groups in total. The number of aliphatic hydroxyl groups excluding tert-OH is 3. The summed E-state index contributed by atoms with van der Waals surface area (Å²) >= 11 is 0. The van der Waals surface area contributed by atoms with E-state index >= 15 is 0 Å². The molecule has 0 aliphatic rings. The molecule has 16 heavy (non-hydrogen) atoms. The predicted octanol–water partition coefficient (Wildman–Crippen LogP) is -0.897. The van der Waals surface area contributed by atoms with Crippen LogP contribution in [0.5, 0.6) is 0 Å². The number of carbonyl (C=O) groups is 2. The molecule has 0 bridgehead atoms. The Hall–Kier alpha value is -1.50. The fourth-order valence-electron chi connectivity index (χ4n) is 0.410. The molecule has 0 rings (SSSR count). The van der Waals surface area contributed by atoms with Gasteiger partial charge in [-0.15, -0.1) is 0 Å². The third kappa shape index (κ3) is 7.86. The van der Waals surface area contributed by atoms with E-state index in [0.717, 1.165) is 6.08 Å². The minimum Gasteiger partial charge on any atom is -0.478 e. The molecule has 0 aromatic rings. The molecule has 0 saturated heterocycles. The molecule has 92 valence electrons. The van der Waals surface area contributed by atoms with Crippen molar-refractivity contribution < 1.29 is 30.0 Å². The monoisotopic (exact) mass is 232 g/mol. The third-order valence-electron chi connectivity index (χ3n) is 1.41. The van der Waals surface area contributed by atoms with E-state index in [4.69, 9.17) is 20.4 Å². The van der Waals surface area contributed by atoms with Gasteiger partial charge in [-0.05, 0) is 13.0 Å². The molecule has 0 aliphatic carbocycles. The summed E-state index contributed by atoms with van der Waals surface area (Å²) in [6, 6.07) is 0. The van der Waals surface area contributed by atoms with Crippen molar-refractivity contribution in [1.29, 1.82) is 0 Å². The summed E-state index contributed by atoms with van der Waals surface area (Å²) in [6.45, 7) is 7.06. The molecule has 2 atom stereocenters. The van der Waals surface area contributed by atoms with Crippen molar-refractivity contribution in [2.24, 2.45) is 0 Å². The van der Waals surface area contributed by atoms with Gasteiger partial charge in [0.15, 0.2) is 5.78 Å². The van der Waals surface area contributed by atoms with Crippen LogP contribution in [-0.2, 0) is 9.59 Å². The zero-order valence-electron chi connectivity index (χ0n) is 8.96. The second kappa shape index (κ2) is 8.78. The fraction of sp³-hybridized carbons (Fsp3) is 0.400. The second-order valence-electron chi connectivity index (χ2n) is 2.89. The van der Waals surface area contributed by atoms with Crippen molar-refractivity contribution in [2.75, 3.05) is 6.61 Å². The maximum Gasteiger partial charge on any atom is 0.330 e. The lowest BCUT2D eigenvalue weighted by molar-refractivity contribution is -0.132. The first kappa shape index (κ1) is 16.9. The first-order chi connectivity index (χ1) is 7.27. The van der Waals surface area contributed by atoms with Gasteiger partial charge < -0.3 is 20.4 Å². The van der Waals surface area contributed by atoms with E-state index in [-0.39, 0.29) is 5.57 Å². The first-order valence-electron chi connectivity index (χ1n) is 4.30. The molecular formula is C10H16O6. The zero-order chi connectivity index (χ0) is 13.3. The smallest absolute Gasteiger partial charge is 0.330 e. The summed E-state index contributed by atoms with van der Waals surface area (Å²) < 4.78 is 0. The summed E-state index contributed by atoms with van der Waals surface area (Å²) in [5, 5.41) is 33.6. The van der Waals surface area contributed by atoms with Crippen LogP contribution in [0.3, 0.4) is 0 Å². The lowest BCUT2D eigenvalue weighted by atomic mass is 10.1. The molecule has 2 unspecified atom stereocenters. The molecule has 0 radical (unpaired) electrons. The number of carboxylic acid groups (broad SMARTS) is 1. The van der Waals surface area contributed by atoms with Crippen LogP contribution in [0.25, 0.3) is 0 Å². The van der Waals surface area contributed by atoms with Crippen molar-refractivity contribution in [3.05, 3.63) is 24.8 Å². The largest absolute Gasteiger partial charge is 0.478 e. The summed E-state index contributed by atoms with van der Waals surface area (Å²) in [5.74, 6) is -1.63. The number of carbonyl (C=O) groups excluding carboxylic acids is 1. The van der Waals surface area contributed by atoms with Crippen molar-refractivity contribution in [2.45, 2.75) is 19.1 Å². The minimum absolute atomic E-state index is 0.176. The Bertz CT molecular complexity index is 258. The summed E-state index contributed by atoms with van der Waals surface area (Å²) in [4.78, 5) is 20.1. The number of rotatable bonds is 5. The number of ketones is 1. The quantitative estimate of drug-likeness (QED) is 0.457. The normalized spacial score (nSPS) is 12.8. The van der Waals surface area contributed by atoms with Crippen molar-refractivity contribution in [1.82, 2.24) is 0 Å². The molecule has 6 heteroatoms. The average molecular weight is 232 g/mol. The Balaban J connectivity index is 0. The maximum absolute atomic E-state index is 10.5. The van der Waals surface area contributed by atoms with Crippen LogP contribution in [0, 0.1) is 0 Å². The van der Waals surface area contributed by atoms with Gasteiger partial charge in [-0.25, -0.2) is 4.79 Å². The van der Waals surface area contributed by atoms with E-state index in [1.54, 1.807) is 0 Å². The van der Waals surface area contributed by atoms with E-state index in [9.17, 15) is 9.59 Å². The lowest BCUT2D eigenvalue weighted by Gasteiger charge is -2.11. The van der Waals surface area contributed by atoms with Gasteiger partial charge in [0.1, 0.15) is 12.2 Å². The van der Waals surface area contributed by atoms with Crippen LogP contribution in [0.2, 0.25) is 0 Å². The van der Waals surface area contributed by atoms with Gasteiger partial charge in [0.05, 0.1) is 6.61 Å². The van der Waals surface area contributed by atoms with Crippen molar-refractivity contribution >= 4 is 11.8 Å². The molecule has 0 aromatic heterocycles. The number of aliphatic hydroxyl groups is 3. The van der Waals surface area contributed by atoms with Gasteiger partial charge in [0.2, 0.25) is 0 Å². The van der Waals surface area contributed by atoms with Crippen LogP contribution < -0.4 is 0 Å². The maximum atomic E-state index is 10.5. The van der Waals surface area contributed by atoms with Gasteiger partial charge in [-0.3, -0.25) is 4.79 Å². The van der Waals surface area contributed by atoms with E-state index in [1.807, 2.05) is 0 Å². The Morgan fingerprint density at radius 3 is 1.94 bits per heavy atom. The highest BCUT2D eigenvalue weighted by Gasteiger charge is 2.20. The molecule has 6 nitrogen and oxygen atoms in total. The molecule has 0 heterocycles. The summed E-state index contributed by atoms with van der Waals surface area (Å²) in [7, 11) is 0. The Morgan fingerprint density at radius 1 is 1.38 bits per heavy atom. The van der Waals surface area contributed by atoms with E-state index in [0.29, 0.717) is 0 Å². The predicted molar refractivity (Wildman–Crippen MR) is 56.8 cm³/mol. The van der Waals surface area contributed by atoms with Gasteiger partial charge in [0.25, 0.3) is 0 Å². The second-order valence-corrected chi connectivity index (χ2v) is 2.89. The van der Waals surface area contributed by atoms with Crippen LogP contribution >= 0.6 is 0 Å². The average Bonchev–Trinajstić information content (AvgIpc) is 2.26. The van der Waals surface area contributed by atoms with E-state index in [1.165, 1.54) is 6.92 Å². The Kier molecular flexibility index (Phi) is 9.28. The molecule has 0 saturated carbocycles. The van der Waals surface area contributed by atoms with Crippen LogP contribution in [-0.4, -0.2) is 51.0 Å². The first-order valence-corrected chi connectivity index (χ1v) is 4.30. The SMILES string of the molecule is C=C(C)C(=O)O.C=CC(=O)C(O)C(O)CO. The number of carboxylic acids is 1. The van der Waals surface area contributed by atoms with Gasteiger partial charge in [-0.2, -0.15) is 0 Å². The number of hydrogen-bond acceptors (Lipinski definition) is 5. The van der Waals surface area contributed by atoms with E-state index < -0.39 is 30.6 Å². The molecule has 0 aromatic carbocycles. The van der Waals surface area contributed by atoms with Crippen LogP contribution in [0.1, 0.15) is 6.92 Å². The number of aliphatic carboxylic acids is 1. The molecular weight excluding hydrogens is 216 g/mol. The lowest BCUT2D eigenvalue weighted by Crippen LogP contribution is -2.35. The van der Waals surface area contributed by atoms with Crippen molar-refractivity contribution in [3.8, 4) is 0 Å². The van der Waals surface area contributed by atoms with Gasteiger partial charge >= 0.3 is 5.97 Å². The Labute approximate surface area is 93.2 Å². The highest BCUT2D eigenvalue weighted by atomic mass is 16.4. The van der Waals surface area contributed by atoms with E-state index in [2.05, 4.69) is 13.2 Å². The molecule has 0 fully saturated rings. The van der Waals surface area contributed by atoms with Gasteiger partial charge in [0, 0.05) is 5.57 Å². The minimum atomic E-state index is -1.55. The summed E-state index contributed by atoms with van der Waals surface area (Å²) in [6.07, 6.45) is -2.07.